The first kappa shape index (κ1) is 23.3. The fourth-order valence-corrected chi connectivity index (χ4v) is 6.85. The zero-order valence-corrected chi connectivity index (χ0v) is 21.9. The minimum Gasteiger partial charge on any atom is -0.383 e. The average Bonchev–Trinajstić information content (AvgIpc) is 3.37. The van der Waals surface area contributed by atoms with Crippen molar-refractivity contribution < 1.29 is 4.79 Å². The maximum atomic E-state index is 13.2. The molecule has 0 unspecified atom stereocenters. The van der Waals surface area contributed by atoms with Gasteiger partial charge in [0.15, 0.2) is 5.65 Å². The Labute approximate surface area is 230 Å². The molecule has 4 aromatic heterocycles. The first-order chi connectivity index (χ1) is 19.7. The van der Waals surface area contributed by atoms with Crippen LogP contribution in [0.4, 0.5) is 5.82 Å². The fraction of sp³-hybridized carbons (Fsp3) is 0.333. The lowest BCUT2D eigenvalue weighted by Crippen LogP contribution is -2.46. The molecule has 1 amide bonds. The van der Waals surface area contributed by atoms with Crippen LogP contribution in [-0.4, -0.2) is 57.7 Å². The summed E-state index contributed by atoms with van der Waals surface area (Å²) in [7, 11) is 0. The van der Waals surface area contributed by atoms with Crippen molar-refractivity contribution in [2.75, 3.05) is 5.73 Å². The lowest BCUT2D eigenvalue weighted by Gasteiger charge is -2.39. The number of nitrogens with one attached hydrogen (secondary N) is 1. The number of aromatic amines is 1. The molecule has 3 fully saturated rings. The van der Waals surface area contributed by atoms with Crippen molar-refractivity contribution in [3.8, 4) is 22.4 Å². The van der Waals surface area contributed by atoms with E-state index >= 15 is 0 Å². The molecule has 2 aliphatic heterocycles. The number of carbonyl (C=O) groups excluding carboxylic acids is 1. The standard InChI is InChI=1S/C30H29N9O/c31-27-25(18-6-7-18)26(20-12-21-9-10-22(13-20)38(21)30(40)28-33-16-34-37-28)36-29-23(15-35-39(27)29)19-8-11-24(32-14-19)17-4-2-1-3-5-17/h1-5,8,11,14-16,18,20-22H,6-7,9-10,12-13,31H2,(H,33,34,37)/t20-,21+,22-. The lowest BCUT2D eigenvalue weighted by atomic mass is 9.85. The van der Waals surface area contributed by atoms with Gasteiger partial charge in [-0.15, -0.1) is 10.2 Å². The molecule has 2 saturated heterocycles. The number of fused-ring (bicyclic) bond motifs is 3. The molecule has 1 aliphatic carbocycles. The van der Waals surface area contributed by atoms with Crippen molar-refractivity contribution in [3.05, 3.63) is 78.3 Å². The van der Waals surface area contributed by atoms with Crippen molar-refractivity contribution >= 4 is 17.4 Å². The topological polar surface area (TPSA) is 131 Å². The Balaban J connectivity index is 1.16. The molecular weight excluding hydrogens is 502 g/mol. The number of amides is 1. The number of H-pyrrole nitrogens is 1. The zero-order valence-electron chi connectivity index (χ0n) is 21.9. The summed E-state index contributed by atoms with van der Waals surface area (Å²) in [6, 6.07) is 14.6. The summed E-state index contributed by atoms with van der Waals surface area (Å²) in [5.74, 6) is 1.61. The number of benzene rings is 1. The van der Waals surface area contributed by atoms with Crippen molar-refractivity contribution in [1.29, 1.82) is 0 Å². The van der Waals surface area contributed by atoms with E-state index < -0.39 is 0 Å². The third kappa shape index (κ3) is 3.70. The molecule has 1 saturated carbocycles. The summed E-state index contributed by atoms with van der Waals surface area (Å²) in [6.07, 6.45) is 11.2. The number of pyridine rings is 1. The van der Waals surface area contributed by atoms with E-state index in [4.69, 9.17) is 15.7 Å². The number of hydrogen-bond donors (Lipinski definition) is 2. The van der Waals surface area contributed by atoms with E-state index in [0.717, 1.165) is 77.8 Å². The molecule has 8 rings (SSSR count). The number of rotatable bonds is 5. The van der Waals surface area contributed by atoms with Crippen molar-refractivity contribution in [2.45, 2.75) is 62.4 Å². The van der Waals surface area contributed by atoms with Gasteiger partial charge in [-0.1, -0.05) is 36.4 Å². The first-order valence-electron chi connectivity index (χ1n) is 14.0. The number of carbonyl (C=O) groups is 1. The van der Waals surface area contributed by atoms with E-state index in [9.17, 15) is 4.79 Å². The smallest absolute Gasteiger partial charge is 0.292 e. The molecule has 3 atom stereocenters. The van der Waals surface area contributed by atoms with Gasteiger partial charge in [-0.2, -0.15) is 9.61 Å². The van der Waals surface area contributed by atoms with E-state index in [2.05, 4.69) is 38.5 Å². The summed E-state index contributed by atoms with van der Waals surface area (Å²) in [4.78, 5) is 28.2. The second-order valence-corrected chi connectivity index (χ2v) is 11.3. The molecule has 3 aliphatic rings. The summed E-state index contributed by atoms with van der Waals surface area (Å²) in [5.41, 5.74) is 13.7. The predicted octanol–water partition coefficient (Wildman–Crippen LogP) is 4.59. The third-order valence-corrected chi connectivity index (χ3v) is 8.85. The van der Waals surface area contributed by atoms with Crippen molar-refractivity contribution in [2.24, 2.45) is 0 Å². The summed E-state index contributed by atoms with van der Waals surface area (Å²) in [6.45, 7) is 0. The molecule has 200 valence electrons. The van der Waals surface area contributed by atoms with Crippen LogP contribution in [0.3, 0.4) is 0 Å². The van der Waals surface area contributed by atoms with E-state index in [1.165, 1.54) is 6.33 Å². The number of anilines is 1. The Morgan fingerprint density at radius 2 is 1.73 bits per heavy atom. The van der Waals surface area contributed by atoms with Gasteiger partial charge in [-0.3, -0.25) is 9.78 Å². The van der Waals surface area contributed by atoms with Gasteiger partial charge in [0.1, 0.15) is 12.1 Å². The molecule has 5 aromatic rings. The monoisotopic (exact) mass is 531 g/mol. The van der Waals surface area contributed by atoms with Crippen LogP contribution in [0.1, 0.15) is 72.2 Å². The lowest BCUT2D eigenvalue weighted by molar-refractivity contribution is 0.0557. The summed E-state index contributed by atoms with van der Waals surface area (Å²) in [5, 5.41) is 12.4. The van der Waals surface area contributed by atoms with Gasteiger partial charge in [0, 0.05) is 46.5 Å². The Bertz CT molecular complexity index is 1690. The highest BCUT2D eigenvalue weighted by Crippen LogP contribution is 2.50. The SMILES string of the molecule is Nc1c(C2CC2)c([C@H]2C[C@H]3CC[C@@H](C2)N3C(=O)c2nnc[nH]2)nc2c(-c3ccc(-c4ccccc4)nc3)cnn12. The van der Waals surface area contributed by atoms with Crippen LogP contribution in [0.5, 0.6) is 0 Å². The van der Waals surface area contributed by atoms with Crippen LogP contribution in [-0.2, 0) is 0 Å². The first-order valence-corrected chi connectivity index (χ1v) is 14.0. The van der Waals surface area contributed by atoms with Crippen LogP contribution >= 0.6 is 0 Å². The van der Waals surface area contributed by atoms with Gasteiger partial charge < -0.3 is 15.6 Å². The van der Waals surface area contributed by atoms with Gasteiger partial charge in [-0.25, -0.2) is 4.98 Å². The minimum atomic E-state index is -0.0571. The maximum absolute atomic E-state index is 13.2. The highest BCUT2D eigenvalue weighted by Gasteiger charge is 2.46. The van der Waals surface area contributed by atoms with E-state index in [-0.39, 0.29) is 23.9 Å². The largest absolute Gasteiger partial charge is 0.383 e. The van der Waals surface area contributed by atoms with Gasteiger partial charge in [0.2, 0.25) is 5.82 Å². The Morgan fingerprint density at radius 3 is 2.40 bits per heavy atom. The molecule has 0 radical (unpaired) electrons. The maximum Gasteiger partial charge on any atom is 0.292 e. The summed E-state index contributed by atoms with van der Waals surface area (Å²) >= 11 is 0. The Hall–Kier alpha value is -4.60. The number of nitrogens with two attached hydrogens (primary N) is 1. The Kier molecular flexibility index (Phi) is 5.23. The molecule has 10 heteroatoms. The van der Waals surface area contributed by atoms with E-state index in [1.807, 2.05) is 41.6 Å². The highest BCUT2D eigenvalue weighted by atomic mass is 16.2. The van der Waals surface area contributed by atoms with Gasteiger partial charge >= 0.3 is 0 Å². The number of nitrogens with zero attached hydrogens (tertiary/aromatic N) is 7. The Morgan fingerprint density at radius 1 is 0.925 bits per heavy atom. The zero-order chi connectivity index (χ0) is 26.8. The van der Waals surface area contributed by atoms with E-state index in [1.54, 1.807) is 4.52 Å². The molecule has 1 aromatic carbocycles. The van der Waals surface area contributed by atoms with Gasteiger partial charge in [0.05, 0.1) is 17.6 Å². The normalized spacial score (nSPS) is 22.2. The molecule has 2 bridgehead atoms. The van der Waals surface area contributed by atoms with Crippen LogP contribution in [0, 0.1) is 0 Å². The van der Waals surface area contributed by atoms with Gasteiger partial charge in [-0.05, 0) is 50.5 Å². The van der Waals surface area contributed by atoms with Crippen LogP contribution in [0.25, 0.3) is 28.0 Å². The second kappa shape index (κ2) is 8.97. The molecule has 6 heterocycles. The van der Waals surface area contributed by atoms with Crippen LogP contribution in [0.2, 0.25) is 0 Å². The van der Waals surface area contributed by atoms with Crippen LogP contribution in [0.15, 0.2) is 61.2 Å². The predicted molar refractivity (Wildman–Crippen MR) is 149 cm³/mol. The quantitative estimate of drug-likeness (QED) is 0.339. The summed E-state index contributed by atoms with van der Waals surface area (Å²) < 4.78 is 1.80. The van der Waals surface area contributed by atoms with E-state index in [0.29, 0.717) is 17.6 Å². The van der Waals surface area contributed by atoms with Crippen molar-refractivity contribution in [3.63, 3.8) is 0 Å². The number of aromatic nitrogens is 7. The number of piperidine rings is 1. The number of nitrogen functional groups attached to an aromatic ring is 1. The fourth-order valence-electron chi connectivity index (χ4n) is 6.85. The van der Waals surface area contributed by atoms with Crippen molar-refractivity contribution in [1.82, 2.24) is 39.7 Å². The van der Waals surface area contributed by atoms with Gasteiger partial charge in [0.25, 0.3) is 5.91 Å². The molecule has 0 spiro atoms. The number of hydrogen-bond acceptors (Lipinski definition) is 7. The molecule has 40 heavy (non-hydrogen) atoms. The van der Waals surface area contributed by atoms with Crippen LogP contribution < -0.4 is 5.73 Å². The third-order valence-electron chi connectivity index (χ3n) is 8.85. The minimum absolute atomic E-state index is 0.0571. The molecule has 3 N–H and O–H groups in total. The highest BCUT2D eigenvalue weighted by molar-refractivity contribution is 5.91. The molecular formula is C30H29N9O. The molecule has 10 nitrogen and oxygen atoms in total. The second-order valence-electron chi connectivity index (χ2n) is 11.3. The average molecular weight is 532 g/mol.